The Morgan fingerprint density at radius 2 is 2.21 bits per heavy atom. The minimum atomic E-state index is -0.247. The van der Waals surface area contributed by atoms with Crippen LogP contribution >= 0.6 is 15.9 Å². The third-order valence-corrected chi connectivity index (χ3v) is 2.91. The van der Waals surface area contributed by atoms with E-state index < -0.39 is 0 Å². The van der Waals surface area contributed by atoms with Gasteiger partial charge in [0.25, 0.3) is 5.88 Å². The number of halogens is 1. The SMILES string of the molecule is CCCn1ccnc(Oc2cc(N)cc(Br)c2)c1=O. The minimum absolute atomic E-state index is 0.0495. The molecule has 0 unspecified atom stereocenters. The van der Waals surface area contributed by atoms with Gasteiger partial charge in [-0.25, -0.2) is 4.98 Å². The van der Waals surface area contributed by atoms with Crippen molar-refractivity contribution >= 4 is 21.6 Å². The number of aryl methyl sites for hydroxylation is 1. The van der Waals surface area contributed by atoms with Gasteiger partial charge in [0, 0.05) is 35.2 Å². The van der Waals surface area contributed by atoms with Crippen LogP contribution in [0.1, 0.15) is 13.3 Å². The summed E-state index contributed by atoms with van der Waals surface area (Å²) in [6.07, 6.45) is 4.06. The molecule has 2 rings (SSSR count). The molecule has 0 saturated carbocycles. The van der Waals surface area contributed by atoms with Crippen LogP contribution in [0.2, 0.25) is 0 Å². The van der Waals surface area contributed by atoms with Crippen LogP contribution in [-0.2, 0) is 6.54 Å². The first-order valence-electron chi connectivity index (χ1n) is 5.89. The zero-order chi connectivity index (χ0) is 13.8. The van der Waals surface area contributed by atoms with E-state index in [1.54, 1.807) is 35.2 Å². The number of hydrogen-bond acceptors (Lipinski definition) is 4. The van der Waals surface area contributed by atoms with Crippen LogP contribution < -0.4 is 16.0 Å². The number of nitrogen functional groups attached to an aromatic ring is 1. The highest BCUT2D eigenvalue weighted by atomic mass is 79.9. The molecule has 5 nitrogen and oxygen atoms in total. The molecule has 1 aromatic carbocycles. The average molecular weight is 324 g/mol. The normalized spacial score (nSPS) is 10.4. The number of benzene rings is 1. The van der Waals surface area contributed by atoms with E-state index in [1.165, 1.54) is 0 Å². The number of aromatic nitrogens is 2. The highest BCUT2D eigenvalue weighted by Crippen LogP contribution is 2.25. The molecule has 0 aliphatic rings. The van der Waals surface area contributed by atoms with E-state index in [1.807, 2.05) is 6.92 Å². The maximum Gasteiger partial charge on any atom is 0.313 e. The molecule has 0 spiro atoms. The summed E-state index contributed by atoms with van der Waals surface area (Å²) in [6, 6.07) is 5.12. The first-order chi connectivity index (χ1) is 9.10. The lowest BCUT2D eigenvalue weighted by molar-refractivity contribution is 0.443. The molecule has 100 valence electrons. The van der Waals surface area contributed by atoms with Gasteiger partial charge < -0.3 is 15.0 Å². The van der Waals surface area contributed by atoms with E-state index in [2.05, 4.69) is 20.9 Å². The fourth-order valence-electron chi connectivity index (χ4n) is 1.67. The lowest BCUT2D eigenvalue weighted by Gasteiger charge is -2.08. The molecule has 0 saturated heterocycles. The number of hydrogen-bond donors (Lipinski definition) is 1. The van der Waals surface area contributed by atoms with Crippen molar-refractivity contribution in [2.75, 3.05) is 5.73 Å². The topological polar surface area (TPSA) is 70.1 Å². The maximum atomic E-state index is 12.1. The largest absolute Gasteiger partial charge is 0.435 e. The summed E-state index contributed by atoms with van der Waals surface area (Å²) in [4.78, 5) is 16.0. The Bertz CT molecular complexity index is 620. The monoisotopic (exact) mass is 323 g/mol. The summed E-state index contributed by atoms with van der Waals surface area (Å²) in [7, 11) is 0. The molecule has 1 aromatic heterocycles. The van der Waals surface area contributed by atoms with Crippen LogP contribution in [0.15, 0.2) is 39.9 Å². The van der Waals surface area contributed by atoms with E-state index in [-0.39, 0.29) is 11.4 Å². The summed E-state index contributed by atoms with van der Waals surface area (Å²) in [5.74, 6) is 0.527. The second-order valence-corrected chi connectivity index (χ2v) is 4.97. The Hall–Kier alpha value is -1.82. The molecule has 1 heterocycles. The van der Waals surface area contributed by atoms with Gasteiger partial charge in [-0.3, -0.25) is 4.79 Å². The van der Waals surface area contributed by atoms with E-state index in [9.17, 15) is 4.79 Å². The third kappa shape index (κ3) is 3.35. The van der Waals surface area contributed by atoms with Crippen molar-refractivity contribution in [1.82, 2.24) is 9.55 Å². The van der Waals surface area contributed by atoms with Gasteiger partial charge in [-0.05, 0) is 18.6 Å². The smallest absolute Gasteiger partial charge is 0.313 e. The molecule has 0 aliphatic carbocycles. The molecule has 0 amide bonds. The van der Waals surface area contributed by atoms with Crippen LogP contribution in [0.4, 0.5) is 5.69 Å². The van der Waals surface area contributed by atoms with E-state index in [0.717, 1.165) is 10.9 Å². The predicted molar refractivity (Wildman–Crippen MR) is 77.4 cm³/mol. The van der Waals surface area contributed by atoms with Crippen molar-refractivity contribution in [1.29, 1.82) is 0 Å². The zero-order valence-corrected chi connectivity index (χ0v) is 12.1. The third-order valence-electron chi connectivity index (χ3n) is 2.45. The molecule has 0 radical (unpaired) electrons. The molecule has 0 bridgehead atoms. The number of ether oxygens (including phenoxy) is 1. The van der Waals surface area contributed by atoms with Gasteiger partial charge in [-0.15, -0.1) is 0 Å². The fraction of sp³-hybridized carbons (Fsp3) is 0.231. The van der Waals surface area contributed by atoms with Crippen molar-refractivity contribution < 1.29 is 4.74 Å². The first kappa shape index (κ1) is 13.6. The van der Waals surface area contributed by atoms with Gasteiger partial charge in [0.05, 0.1) is 0 Å². The van der Waals surface area contributed by atoms with Gasteiger partial charge in [0.15, 0.2) is 0 Å². The summed E-state index contributed by atoms with van der Waals surface area (Å²) in [6.45, 7) is 2.64. The van der Waals surface area contributed by atoms with Gasteiger partial charge in [-0.2, -0.15) is 0 Å². The van der Waals surface area contributed by atoms with Crippen LogP contribution in [0.5, 0.6) is 11.6 Å². The van der Waals surface area contributed by atoms with Crippen LogP contribution in [0, 0.1) is 0 Å². The number of nitrogens with two attached hydrogens (primary N) is 1. The van der Waals surface area contributed by atoms with Gasteiger partial charge >= 0.3 is 5.56 Å². The van der Waals surface area contributed by atoms with E-state index in [4.69, 9.17) is 10.5 Å². The summed E-state index contributed by atoms with van der Waals surface area (Å²) >= 11 is 3.32. The number of nitrogens with zero attached hydrogens (tertiary/aromatic N) is 2. The van der Waals surface area contributed by atoms with Crippen molar-refractivity contribution in [3.8, 4) is 11.6 Å². The molecule has 0 aliphatic heterocycles. The Morgan fingerprint density at radius 1 is 1.42 bits per heavy atom. The van der Waals surface area contributed by atoms with Gasteiger partial charge in [0.2, 0.25) is 0 Å². The first-order valence-corrected chi connectivity index (χ1v) is 6.69. The molecule has 0 atom stereocenters. The van der Waals surface area contributed by atoms with Crippen LogP contribution in [0.25, 0.3) is 0 Å². The molecule has 6 heteroatoms. The second-order valence-electron chi connectivity index (χ2n) is 4.05. The molecule has 2 N–H and O–H groups in total. The molecular formula is C13H14BrN3O2. The quantitative estimate of drug-likeness (QED) is 0.878. The van der Waals surface area contributed by atoms with Crippen molar-refractivity contribution in [2.24, 2.45) is 0 Å². The lowest BCUT2D eigenvalue weighted by Crippen LogP contribution is -2.21. The van der Waals surface area contributed by atoms with Gasteiger partial charge in [0.1, 0.15) is 5.75 Å². The summed E-state index contributed by atoms with van der Waals surface area (Å²) in [5.41, 5.74) is 6.02. The van der Waals surface area contributed by atoms with Crippen molar-refractivity contribution in [3.63, 3.8) is 0 Å². The highest BCUT2D eigenvalue weighted by Gasteiger charge is 2.08. The average Bonchev–Trinajstić information content (AvgIpc) is 2.33. The maximum absolute atomic E-state index is 12.1. The van der Waals surface area contributed by atoms with Crippen LogP contribution in [-0.4, -0.2) is 9.55 Å². The van der Waals surface area contributed by atoms with E-state index >= 15 is 0 Å². The summed E-state index contributed by atoms with van der Waals surface area (Å²) < 4.78 is 7.86. The number of rotatable bonds is 4. The Morgan fingerprint density at radius 3 is 2.89 bits per heavy atom. The Balaban J connectivity index is 2.33. The van der Waals surface area contributed by atoms with E-state index in [0.29, 0.717) is 18.0 Å². The molecular weight excluding hydrogens is 310 g/mol. The molecule has 19 heavy (non-hydrogen) atoms. The van der Waals surface area contributed by atoms with Crippen molar-refractivity contribution in [3.05, 3.63) is 45.4 Å². The Kier molecular flexibility index (Phi) is 4.21. The Labute approximate surface area is 119 Å². The molecule has 2 aromatic rings. The summed E-state index contributed by atoms with van der Waals surface area (Å²) in [5, 5.41) is 0. The van der Waals surface area contributed by atoms with Crippen molar-refractivity contribution in [2.45, 2.75) is 19.9 Å². The van der Waals surface area contributed by atoms with Gasteiger partial charge in [-0.1, -0.05) is 22.9 Å². The lowest BCUT2D eigenvalue weighted by atomic mass is 10.3. The standard InChI is InChI=1S/C13H14BrN3O2/c1-2-4-17-5-3-16-12(13(17)18)19-11-7-9(14)6-10(15)8-11/h3,5-8H,2,4,15H2,1H3. The fourth-order valence-corrected chi connectivity index (χ4v) is 2.16. The number of anilines is 1. The highest BCUT2D eigenvalue weighted by molar-refractivity contribution is 9.10. The zero-order valence-electron chi connectivity index (χ0n) is 10.5. The second kappa shape index (κ2) is 5.88. The molecule has 0 fully saturated rings. The predicted octanol–water partition coefficient (Wildman–Crippen LogP) is 2.79. The minimum Gasteiger partial charge on any atom is -0.435 e. The van der Waals surface area contributed by atoms with Crippen LogP contribution in [0.3, 0.4) is 0 Å².